The van der Waals surface area contributed by atoms with Crippen LogP contribution in [-0.4, -0.2) is 180 Å². The molecule has 2 heterocycles. The number of esters is 1. The van der Waals surface area contributed by atoms with E-state index in [9.17, 15) is 35.1 Å². The predicted molar refractivity (Wildman–Crippen MR) is 281 cm³/mol. The van der Waals surface area contributed by atoms with Crippen LogP contribution < -0.4 is 15.9 Å². The molecule has 16 heteroatoms. The predicted octanol–water partition coefficient (Wildman–Crippen LogP) is 4.31. The lowest BCUT2D eigenvalue weighted by molar-refractivity contribution is -0.299. The van der Waals surface area contributed by atoms with Gasteiger partial charge in [-0.25, -0.2) is 0 Å². The third-order valence-electron chi connectivity index (χ3n) is 14.9. The van der Waals surface area contributed by atoms with Crippen LogP contribution in [0.4, 0.5) is 0 Å². The molecule has 3 aromatic rings. The van der Waals surface area contributed by atoms with Crippen molar-refractivity contribution in [2.75, 3.05) is 66.4 Å². The average molecular weight is 1030 g/mol. The smallest absolute Gasteiger partial charge is 0.311 e. The average Bonchev–Trinajstić information content (AvgIpc) is 3.36. The normalized spacial score (nSPS) is 32.4. The number of rotatable bonds is 19. The number of carbonyl (C=O) groups excluding carboxylic acids is 2. The molecule has 0 spiro atoms. The van der Waals surface area contributed by atoms with Crippen LogP contribution in [0.25, 0.3) is 0 Å². The van der Waals surface area contributed by atoms with Crippen molar-refractivity contribution >= 4 is 35.1 Å². The van der Waals surface area contributed by atoms with E-state index in [0.29, 0.717) is 26.2 Å². The van der Waals surface area contributed by atoms with Gasteiger partial charge in [-0.05, 0) is 110 Å². The third kappa shape index (κ3) is 14.9. The summed E-state index contributed by atoms with van der Waals surface area (Å²) in [6.45, 7) is 15.1. The molecular weight excluding hydrogens is 940 g/mol. The summed E-state index contributed by atoms with van der Waals surface area (Å²) in [5.74, 6) is -3.68. The van der Waals surface area contributed by atoms with Crippen molar-refractivity contribution in [1.82, 2.24) is 9.80 Å². The molecular formula is C56H86N2O13P+. The molecule has 72 heavy (non-hydrogen) atoms. The van der Waals surface area contributed by atoms with Crippen LogP contribution in [-0.2, 0) is 38.0 Å². The van der Waals surface area contributed by atoms with Gasteiger partial charge in [-0.2, -0.15) is 0 Å². The fraction of sp³-hybridized carbons (Fsp3) is 0.643. The Hall–Kier alpha value is -3.41. The highest BCUT2D eigenvalue weighted by Gasteiger charge is 2.51. The topological polar surface area (TPSA) is 197 Å². The second-order valence-electron chi connectivity index (χ2n) is 20.9. The summed E-state index contributed by atoms with van der Waals surface area (Å²) in [6.07, 6.45) is -6.45. The minimum atomic E-state index is -2.01. The lowest BCUT2D eigenvalue weighted by Crippen LogP contribution is -2.60. The van der Waals surface area contributed by atoms with E-state index in [0.717, 1.165) is 6.16 Å². The Morgan fingerprint density at radius 1 is 0.764 bits per heavy atom. The number of likely N-dealkylation sites (N-methyl/N-ethyl adjacent to an activating group) is 1. The summed E-state index contributed by atoms with van der Waals surface area (Å²) in [5, 5.41) is 63.3. The largest absolute Gasteiger partial charge is 0.459 e. The van der Waals surface area contributed by atoms with Crippen molar-refractivity contribution in [2.24, 2.45) is 17.8 Å². The second kappa shape index (κ2) is 27.4. The van der Waals surface area contributed by atoms with E-state index in [1.54, 1.807) is 27.7 Å². The first-order chi connectivity index (χ1) is 34.2. The van der Waals surface area contributed by atoms with E-state index in [-0.39, 0.29) is 63.7 Å². The number of hydrogen-bond acceptors (Lipinski definition) is 14. The van der Waals surface area contributed by atoms with E-state index < -0.39 is 85.0 Å². The van der Waals surface area contributed by atoms with Crippen molar-refractivity contribution in [2.45, 2.75) is 147 Å². The van der Waals surface area contributed by atoms with Crippen molar-refractivity contribution in [1.29, 1.82) is 0 Å². The first kappa shape index (κ1) is 59.5. The number of carbonyl (C=O) groups is 2. The lowest BCUT2D eigenvalue weighted by Gasteiger charge is -2.46. The number of nitrogens with zero attached hydrogens (tertiary/aromatic N) is 2. The highest BCUT2D eigenvalue weighted by Crippen LogP contribution is 2.55. The maximum absolute atomic E-state index is 14.2. The number of aliphatic hydroxyl groups is 5. The zero-order valence-corrected chi connectivity index (χ0v) is 45.3. The molecule has 5 rings (SSSR count). The Morgan fingerprint density at radius 2 is 1.26 bits per heavy atom. The molecule has 3 aromatic carbocycles. The van der Waals surface area contributed by atoms with Crippen LogP contribution in [0.15, 0.2) is 91.0 Å². The summed E-state index contributed by atoms with van der Waals surface area (Å²) >= 11 is 0. The van der Waals surface area contributed by atoms with E-state index in [1.165, 1.54) is 34.7 Å². The molecule has 0 unspecified atom stereocenters. The van der Waals surface area contributed by atoms with Crippen molar-refractivity contribution in [3.8, 4) is 0 Å². The number of benzene rings is 3. The quantitative estimate of drug-likeness (QED) is 0.0648. The summed E-state index contributed by atoms with van der Waals surface area (Å²) in [7, 11) is 1.69. The first-order valence-corrected chi connectivity index (χ1v) is 27.9. The fourth-order valence-electron chi connectivity index (χ4n) is 10.8. The summed E-state index contributed by atoms with van der Waals surface area (Å²) < 4.78 is 36.4. The molecule has 2 aliphatic rings. The summed E-state index contributed by atoms with van der Waals surface area (Å²) in [6, 6.07) is 30.7. The minimum absolute atomic E-state index is 0.0384. The Kier molecular flexibility index (Phi) is 22.6. The number of aliphatic hydroxyl groups excluding tert-OH is 3. The standard InChI is InChI=1S/C56H86N2O13P/c1-11-47-56(8,65)51(62)42(6)58(37-38(2)36-55(7,64)52(40(4)49(60)41(5)53(63)70-47)71-54-50(61)46(57(9)10)35-39(3)69-54)48(59)27-28-66-29-30-67-31-32-68-33-34-72(43-21-15-12-16-22-43,44-23-17-13-18-24-44)45-25-19-14-20-26-45/h12-26,38-42,46-47,49-52,54,60-62,64-65H,11,27-37H2,1-10H3/q+1/t38-,39-,40+,41-,42-,46+,47-,49+,50-,51-,52-,54+,55-,56-/m1/s1. The van der Waals surface area contributed by atoms with Gasteiger partial charge >= 0.3 is 5.97 Å². The minimum Gasteiger partial charge on any atom is -0.459 e. The third-order valence-corrected chi connectivity index (χ3v) is 19.2. The number of ether oxygens (including phenoxy) is 6. The zero-order chi connectivity index (χ0) is 52.8. The molecule has 0 radical (unpaired) electrons. The van der Waals surface area contributed by atoms with Gasteiger partial charge in [0.05, 0.1) is 88.1 Å². The Morgan fingerprint density at radius 3 is 1.76 bits per heavy atom. The molecule has 0 saturated carbocycles. The molecule has 2 saturated heterocycles. The van der Waals surface area contributed by atoms with Crippen molar-refractivity contribution in [3.63, 3.8) is 0 Å². The highest BCUT2D eigenvalue weighted by molar-refractivity contribution is 7.95. The van der Waals surface area contributed by atoms with Gasteiger partial charge in [0, 0.05) is 18.5 Å². The SMILES string of the molecule is CC[C@H]1OC(=O)[C@H](C)[C@@H](O)[C@H](C)[C@@H](O[C@@H]2O[C@H](C)C[C@H](N(C)C)[C@H]2O)[C@](C)(O)C[C@@H](C)CN(C(=O)CCOCCOCCOCC[P+](c2ccccc2)(c2ccccc2)c2ccccc2)[C@H](C)[C@@H](O)[C@]1(C)O. The number of cyclic esters (lactones) is 1. The van der Waals surface area contributed by atoms with Gasteiger partial charge in [0.25, 0.3) is 0 Å². The van der Waals surface area contributed by atoms with Crippen LogP contribution in [0, 0.1) is 17.8 Å². The van der Waals surface area contributed by atoms with Crippen LogP contribution in [0.2, 0.25) is 0 Å². The van der Waals surface area contributed by atoms with Crippen LogP contribution in [0.5, 0.6) is 0 Å². The van der Waals surface area contributed by atoms with Gasteiger partial charge in [-0.3, -0.25) is 9.59 Å². The first-order valence-electron chi connectivity index (χ1n) is 25.9. The Balaban J connectivity index is 1.21. The molecule has 0 aromatic heterocycles. The van der Waals surface area contributed by atoms with E-state index in [4.69, 9.17) is 28.4 Å². The number of hydrogen-bond donors (Lipinski definition) is 5. The Labute approximate surface area is 429 Å². The van der Waals surface area contributed by atoms with Crippen molar-refractivity contribution < 1.29 is 63.5 Å². The van der Waals surface area contributed by atoms with Gasteiger partial charge in [0.15, 0.2) is 6.29 Å². The molecule has 2 aliphatic heterocycles. The van der Waals surface area contributed by atoms with Gasteiger partial charge in [0.2, 0.25) is 5.91 Å². The molecule has 5 N–H and O–H groups in total. The monoisotopic (exact) mass is 1030 g/mol. The van der Waals surface area contributed by atoms with Crippen molar-refractivity contribution in [3.05, 3.63) is 91.0 Å². The molecule has 15 nitrogen and oxygen atoms in total. The zero-order valence-electron chi connectivity index (χ0n) is 44.4. The maximum atomic E-state index is 14.2. The molecule has 2 fully saturated rings. The Bertz CT molecular complexity index is 1970. The van der Waals surface area contributed by atoms with Crippen LogP contribution >= 0.6 is 7.26 Å². The van der Waals surface area contributed by atoms with E-state index in [1.807, 2.05) is 51.0 Å². The molecule has 0 aliphatic carbocycles. The summed E-state index contributed by atoms with van der Waals surface area (Å²) in [5.41, 5.74) is -3.72. The maximum Gasteiger partial charge on any atom is 0.311 e. The summed E-state index contributed by atoms with van der Waals surface area (Å²) in [4.78, 5) is 31.3. The highest BCUT2D eigenvalue weighted by atomic mass is 31.2. The van der Waals surface area contributed by atoms with Crippen LogP contribution in [0.3, 0.4) is 0 Å². The van der Waals surface area contributed by atoms with E-state index >= 15 is 0 Å². The lowest BCUT2D eigenvalue weighted by atomic mass is 9.78. The molecule has 402 valence electrons. The molecule has 1 amide bonds. The van der Waals surface area contributed by atoms with Crippen LogP contribution in [0.1, 0.15) is 81.1 Å². The van der Waals surface area contributed by atoms with Gasteiger partial charge in [-0.1, -0.05) is 75.4 Å². The van der Waals surface area contributed by atoms with Gasteiger partial charge in [-0.15, -0.1) is 0 Å². The second-order valence-corrected chi connectivity index (χ2v) is 24.5. The fourth-order valence-corrected chi connectivity index (χ4v) is 14.9. The van der Waals surface area contributed by atoms with E-state index in [2.05, 4.69) is 72.8 Å². The molecule has 0 bridgehead atoms. The van der Waals surface area contributed by atoms with Gasteiger partial charge in [0.1, 0.15) is 47.1 Å². The van der Waals surface area contributed by atoms with Gasteiger partial charge < -0.3 is 63.8 Å². The molecule has 14 atom stereocenters. The number of amides is 1.